The second-order valence-electron chi connectivity index (χ2n) is 3.51. The van der Waals surface area contributed by atoms with Crippen LogP contribution in [0, 0.1) is 0 Å². The van der Waals surface area contributed by atoms with E-state index in [1.165, 1.54) is 44.7 Å². The lowest BCUT2D eigenvalue weighted by molar-refractivity contribution is 0.354. The Hall–Kier alpha value is -2.22. The van der Waals surface area contributed by atoms with E-state index in [0.29, 0.717) is 11.5 Å². The van der Waals surface area contributed by atoms with E-state index in [-0.39, 0.29) is 10.7 Å². The third-order valence-corrected chi connectivity index (χ3v) is 3.69. The smallest absolute Gasteiger partial charge is 0.263 e. The van der Waals surface area contributed by atoms with Crippen molar-refractivity contribution in [3.63, 3.8) is 0 Å². The van der Waals surface area contributed by atoms with Gasteiger partial charge in [-0.3, -0.25) is 4.72 Å². The van der Waals surface area contributed by atoms with Crippen LogP contribution >= 0.6 is 0 Å². The van der Waals surface area contributed by atoms with E-state index in [4.69, 9.17) is 9.47 Å². The van der Waals surface area contributed by atoms with E-state index < -0.39 is 10.0 Å². The lowest BCUT2D eigenvalue weighted by Gasteiger charge is -2.10. The summed E-state index contributed by atoms with van der Waals surface area (Å²) in [6, 6.07) is 5.68. The third kappa shape index (κ3) is 2.79. The van der Waals surface area contributed by atoms with Gasteiger partial charge >= 0.3 is 0 Å². The van der Waals surface area contributed by atoms with Gasteiger partial charge in [0, 0.05) is 12.1 Å². The molecule has 0 spiro atoms. The summed E-state index contributed by atoms with van der Waals surface area (Å²) in [6.45, 7) is 0. The monoisotopic (exact) mass is 284 g/mol. The predicted molar refractivity (Wildman–Crippen MR) is 66.9 cm³/mol. The topological polar surface area (TPSA) is 90.7 Å². The zero-order valence-electron chi connectivity index (χ0n) is 10.3. The Morgan fingerprint density at radius 2 is 1.89 bits per heavy atom. The zero-order valence-corrected chi connectivity index (χ0v) is 11.1. The summed E-state index contributed by atoms with van der Waals surface area (Å²) in [5.41, 5.74) is 0. The molecule has 0 atom stereocenters. The maximum atomic E-state index is 12.1. The van der Waals surface area contributed by atoms with E-state index in [1.54, 1.807) is 0 Å². The fourth-order valence-corrected chi connectivity index (χ4v) is 2.45. The summed E-state index contributed by atoms with van der Waals surface area (Å²) in [5, 5.41) is 3.48. The van der Waals surface area contributed by atoms with Crippen LogP contribution in [0.1, 0.15) is 0 Å². The van der Waals surface area contributed by atoms with E-state index in [0.717, 1.165) is 0 Å². The summed E-state index contributed by atoms with van der Waals surface area (Å²) in [6.07, 6.45) is 1.27. The summed E-state index contributed by atoms with van der Waals surface area (Å²) in [5.74, 6) is 0.878. The highest BCUT2D eigenvalue weighted by Crippen LogP contribution is 2.29. The van der Waals surface area contributed by atoms with Gasteiger partial charge in [0.15, 0.2) is 17.3 Å². The SMILES string of the molecule is COc1ccc(S(=O)(=O)Nc2ccon2)cc1OC. The number of anilines is 1. The Kier molecular flexibility index (Phi) is 3.61. The van der Waals surface area contributed by atoms with Crippen molar-refractivity contribution in [3.05, 3.63) is 30.5 Å². The van der Waals surface area contributed by atoms with Gasteiger partial charge in [0.1, 0.15) is 6.26 Å². The highest BCUT2D eigenvalue weighted by Gasteiger charge is 2.18. The molecule has 1 heterocycles. The number of ether oxygens (including phenoxy) is 2. The Bertz CT molecular complexity index is 652. The van der Waals surface area contributed by atoms with Crippen LogP contribution in [0.25, 0.3) is 0 Å². The molecule has 1 aromatic carbocycles. The van der Waals surface area contributed by atoms with Gasteiger partial charge in [0.05, 0.1) is 19.1 Å². The third-order valence-electron chi connectivity index (χ3n) is 2.34. The van der Waals surface area contributed by atoms with E-state index in [9.17, 15) is 8.42 Å². The molecule has 0 unspecified atom stereocenters. The van der Waals surface area contributed by atoms with Gasteiger partial charge in [-0.1, -0.05) is 5.16 Å². The van der Waals surface area contributed by atoms with Crippen molar-refractivity contribution in [2.24, 2.45) is 0 Å². The molecule has 0 saturated carbocycles. The predicted octanol–water partition coefficient (Wildman–Crippen LogP) is 1.49. The summed E-state index contributed by atoms with van der Waals surface area (Å²) in [7, 11) is -0.847. The Labute approximate surface area is 110 Å². The maximum Gasteiger partial charge on any atom is 0.263 e. The molecule has 7 nitrogen and oxygen atoms in total. The van der Waals surface area contributed by atoms with Gasteiger partial charge in [0.25, 0.3) is 10.0 Å². The average molecular weight is 284 g/mol. The van der Waals surface area contributed by atoms with E-state index >= 15 is 0 Å². The first-order valence-corrected chi connectivity index (χ1v) is 6.70. The molecule has 0 fully saturated rings. The number of sulfonamides is 1. The minimum atomic E-state index is -3.75. The lowest BCUT2D eigenvalue weighted by atomic mass is 10.3. The molecule has 1 aromatic heterocycles. The van der Waals surface area contributed by atoms with Crippen molar-refractivity contribution < 1.29 is 22.4 Å². The number of hydrogen-bond acceptors (Lipinski definition) is 6. The highest BCUT2D eigenvalue weighted by molar-refractivity contribution is 7.92. The van der Waals surface area contributed by atoms with Crippen LogP contribution in [0.3, 0.4) is 0 Å². The van der Waals surface area contributed by atoms with E-state index in [2.05, 4.69) is 14.4 Å². The number of aromatic nitrogens is 1. The largest absolute Gasteiger partial charge is 0.493 e. The van der Waals surface area contributed by atoms with Crippen LogP contribution in [0.15, 0.2) is 39.9 Å². The molecule has 0 aliphatic carbocycles. The van der Waals surface area contributed by atoms with Gasteiger partial charge in [-0.25, -0.2) is 8.42 Å². The molecule has 2 aromatic rings. The first kappa shape index (κ1) is 13.2. The molecule has 0 aliphatic rings. The fourth-order valence-electron chi connectivity index (χ4n) is 1.45. The second-order valence-corrected chi connectivity index (χ2v) is 5.19. The average Bonchev–Trinajstić information content (AvgIpc) is 2.89. The summed E-state index contributed by atoms with van der Waals surface area (Å²) in [4.78, 5) is 0.0353. The number of nitrogens with one attached hydrogen (secondary N) is 1. The van der Waals surface area contributed by atoms with Gasteiger partial charge in [-0.05, 0) is 12.1 Å². The number of hydrogen-bond donors (Lipinski definition) is 1. The van der Waals surface area contributed by atoms with Crippen LogP contribution in [-0.2, 0) is 10.0 Å². The van der Waals surface area contributed by atoms with Crippen molar-refractivity contribution in [2.45, 2.75) is 4.90 Å². The number of rotatable bonds is 5. The van der Waals surface area contributed by atoms with Crippen LogP contribution in [-0.4, -0.2) is 27.8 Å². The molecule has 0 radical (unpaired) electrons. The maximum absolute atomic E-state index is 12.1. The van der Waals surface area contributed by atoms with Gasteiger partial charge < -0.3 is 14.0 Å². The normalized spacial score (nSPS) is 11.1. The van der Waals surface area contributed by atoms with Crippen molar-refractivity contribution in [1.29, 1.82) is 0 Å². The minimum absolute atomic E-state index is 0.0353. The molecular weight excluding hydrogens is 272 g/mol. The van der Waals surface area contributed by atoms with E-state index in [1.807, 2.05) is 0 Å². The standard InChI is InChI=1S/C11H12N2O5S/c1-16-9-4-3-8(7-10(9)17-2)19(14,15)13-11-5-6-18-12-11/h3-7H,1-2H3,(H,12,13). The number of methoxy groups -OCH3 is 2. The molecule has 102 valence electrons. The molecular formula is C11H12N2O5S. The summed E-state index contributed by atoms with van der Waals surface area (Å²) >= 11 is 0. The van der Waals surface area contributed by atoms with Crippen LogP contribution in [0.5, 0.6) is 11.5 Å². The van der Waals surface area contributed by atoms with Crippen molar-refractivity contribution in [3.8, 4) is 11.5 Å². The lowest BCUT2D eigenvalue weighted by Crippen LogP contribution is -2.13. The molecule has 19 heavy (non-hydrogen) atoms. The molecule has 1 N–H and O–H groups in total. The Morgan fingerprint density at radius 3 is 2.47 bits per heavy atom. The highest BCUT2D eigenvalue weighted by atomic mass is 32.2. The minimum Gasteiger partial charge on any atom is -0.493 e. The molecule has 2 rings (SSSR count). The molecule has 0 saturated heterocycles. The van der Waals surface area contributed by atoms with Crippen LogP contribution in [0.4, 0.5) is 5.82 Å². The molecule has 8 heteroatoms. The van der Waals surface area contributed by atoms with Crippen molar-refractivity contribution >= 4 is 15.8 Å². The first-order chi connectivity index (χ1) is 9.06. The summed E-state index contributed by atoms with van der Waals surface area (Å²) < 4.78 is 41.1. The Morgan fingerprint density at radius 1 is 1.16 bits per heavy atom. The van der Waals surface area contributed by atoms with Crippen molar-refractivity contribution in [1.82, 2.24) is 5.16 Å². The van der Waals surface area contributed by atoms with Gasteiger partial charge in [-0.15, -0.1) is 0 Å². The second kappa shape index (κ2) is 5.19. The molecule has 0 bridgehead atoms. The quantitative estimate of drug-likeness (QED) is 0.894. The number of nitrogens with zero attached hydrogens (tertiary/aromatic N) is 1. The molecule has 0 aliphatic heterocycles. The first-order valence-electron chi connectivity index (χ1n) is 5.22. The van der Waals surface area contributed by atoms with Gasteiger partial charge in [-0.2, -0.15) is 0 Å². The molecule has 0 amide bonds. The number of benzene rings is 1. The van der Waals surface area contributed by atoms with Crippen molar-refractivity contribution in [2.75, 3.05) is 18.9 Å². The Balaban J connectivity index is 2.35. The van der Waals surface area contributed by atoms with Crippen LogP contribution in [0.2, 0.25) is 0 Å². The van der Waals surface area contributed by atoms with Gasteiger partial charge in [0.2, 0.25) is 0 Å². The fraction of sp³-hybridized carbons (Fsp3) is 0.182. The zero-order chi connectivity index (χ0) is 13.9. The van der Waals surface area contributed by atoms with Crippen LogP contribution < -0.4 is 14.2 Å².